The van der Waals surface area contributed by atoms with Gasteiger partial charge in [0, 0.05) is 50.4 Å². The molecule has 2 fully saturated rings. The Morgan fingerprint density at radius 3 is 1.95 bits per heavy atom. The average molecular weight is 588 g/mol. The summed E-state index contributed by atoms with van der Waals surface area (Å²) in [5.41, 5.74) is 5.29. The molecule has 0 spiro atoms. The standard InChI is InChI=1S/C39H45N3O2/c43-38-22-21-35(29-37(38)39(44)42(34-19-11-4-12-20-34)30-31-13-5-1-6-14-31)41-27-25-40(26-28-41)24-23-36(32-15-7-2-8-16-32)33-17-9-3-10-18-33/h1-3,5-10,13-18,21-22,29,34,36,43H,4,11-12,19-20,23-28,30H2. The Bertz CT molecular complexity index is 1420. The molecule has 6 rings (SSSR count). The van der Waals surface area contributed by atoms with Gasteiger partial charge in [-0.05, 0) is 60.7 Å². The second-order valence-corrected chi connectivity index (χ2v) is 12.4. The Balaban J connectivity index is 1.12. The monoisotopic (exact) mass is 587 g/mol. The van der Waals surface area contributed by atoms with Crippen LogP contribution in [-0.2, 0) is 6.54 Å². The van der Waals surface area contributed by atoms with Crippen LogP contribution in [0, 0.1) is 0 Å². The lowest BCUT2D eigenvalue weighted by molar-refractivity contribution is 0.0611. The zero-order valence-corrected chi connectivity index (χ0v) is 25.7. The van der Waals surface area contributed by atoms with E-state index in [0.29, 0.717) is 18.0 Å². The fourth-order valence-corrected chi connectivity index (χ4v) is 7.02. The number of carbonyl (C=O) groups is 1. The van der Waals surface area contributed by atoms with E-state index in [1.54, 1.807) is 6.07 Å². The van der Waals surface area contributed by atoms with Gasteiger partial charge in [-0.3, -0.25) is 9.69 Å². The second kappa shape index (κ2) is 14.6. The van der Waals surface area contributed by atoms with E-state index in [1.165, 1.54) is 17.5 Å². The lowest BCUT2D eigenvalue weighted by atomic mass is 9.88. The number of piperazine rings is 1. The molecule has 0 aromatic heterocycles. The molecule has 5 heteroatoms. The number of amides is 1. The van der Waals surface area contributed by atoms with Gasteiger partial charge in [0.05, 0.1) is 5.56 Å². The molecule has 5 nitrogen and oxygen atoms in total. The Labute approximate surface area is 262 Å². The maximum Gasteiger partial charge on any atom is 0.258 e. The van der Waals surface area contributed by atoms with Gasteiger partial charge >= 0.3 is 0 Å². The SMILES string of the molecule is O=C(c1cc(N2CCN(CCC(c3ccccc3)c3ccccc3)CC2)ccc1O)N(Cc1ccccc1)C1CCCCC1. The first-order chi connectivity index (χ1) is 21.7. The van der Waals surface area contributed by atoms with Crippen molar-refractivity contribution in [3.63, 3.8) is 0 Å². The molecule has 1 N–H and O–H groups in total. The number of aromatic hydroxyl groups is 1. The third-order valence-corrected chi connectivity index (χ3v) is 9.56. The van der Waals surface area contributed by atoms with E-state index in [0.717, 1.165) is 76.1 Å². The fourth-order valence-electron chi connectivity index (χ4n) is 7.02. The van der Waals surface area contributed by atoms with Crippen molar-refractivity contribution in [2.24, 2.45) is 0 Å². The van der Waals surface area contributed by atoms with Crippen LogP contribution in [-0.4, -0.2) is 59.6 Å². The van der Waals surface area contributed by atoms with Crippen LogP contribution in [0.4, 0.5) is 5.69 Å². The van der Waals surface area contributed by atoms with Crippen molar-refractivity contribution in [3.8, 4) is 5.75 Å². The van der Waals surface area contributed by atoms with E-state index < -0.39 is 0 Å². The van der Waals surface area contributed by atoms with Gasteiger partial charge in [-0.2, -0.15) is 0 Å². The predicted molar refractivity (Wildman–Crippen MR) is 179 cm³/mol. The van der Waals surface area contributed by atoms with Crippen LogP contribution in [0.5, 0.6) is 5.75 Å². The second-order valence-electron chi connectivity index (χ2n) is 12.4. The summed E-state index contributed by atoms with van der Waals surface area (Å²) in [6.45, 7) is 5.36. The highest BCUT2D eigenvalue weighted by Crippen LogP contribution is 2.32. The van der Waals surface area contributed by atoms with Crippen LogP contribution in [0.1, 0.15) is 71.5 Å². The lowest BCUT2D eigenvalue weighted by Crippen LogP contribution is -2.47. The van der Waals surface area contributed by atoms with Crippen LogP contribution in [0.3, 0.4) is 0 Å². The number of phenolic OH excluding ortho intramolecular Hbond substituents is 1. The zero-order chi connectivity index (χ0) is 30.1. The van der Waals surface area contributed by atoms with E-state index in [2.05, 4.69) is 82.6 Å². The van der Waals surface area contributed by atoms with E-state index >= 15 is 0 Å². The molecule has 1 saturated carbocycles. The van der Waals surface area contributed by atoms with Gasteiger partial charge in [-0.15, -0.1) is 0 Å². The van der Waals surface area contributed by atoms with Crippen LogP contribution in [0.2, 0.25) is 0 Å². The molecule has 1 saturated heterocycles. The minimum atomic E-state index is -0.0633. The van der Waals surface area contributed by atoms with Gasteiger partial charge < -0.3 is 14.9 Å². The molecule has 4 aromatic carbocycles. The Morgan fingerprint density at radius 2 is 1.34 bits per heavy atom. The summed E-state index contributed by atoms with van der Waals surface area (Å²) < 4.78 is 0. The molecular weight excluding hydrogens is 542 g/mol. The minimum Gasteiger partial charge on any atom is -0.507 e. The molecule has 1 heterocycles. The fraction of sp³-hybridized carbons (Fsp3) is 0.359. The van der Waals surface area contributed by atoms with Gasteiger partial charge in [0.25, 0.3) is 5.91 Å². The number of anilines is 1. The van der Waals surface area contributed by atoms with E-state index in [-0.39, 0.29) is 17.7 Å². The zero-order valence-electron chi connectivity index (χ0n) is 25.7. The highest BCUT2D eigenvalue weighted by atomic mass is 16.3. The third kappa shape index (κ3) is 7.34. The van der Waals surface area contributed by atoms with Crippen molar-refractivity contribution < 1.29 is 9.90 Å². The maximum atomic E-state index is 14.1. The first-order valence-electron chi connectivity index (χ1n) is 16.4. The van der Waals surface area contributed by atoms with Gasteiger partial charge in [-0.1, -0.05) is 110 Å². The molecule has 1 amide bonds. The summed E-state index contributed by atoms with van der Waals surface area (Å²) in [7, 11) is 0. The molecule has 0 atom stereocenters. The number of hydrogen-bond donors (Lipinski definition) is 1. The third-order valence-electron chi connectivity index (χ3n) is 9.56. The molecule has 2 aliphatic rings. The van der Waals surface area contributed by atoms with Gasteiger partial charge in [0.2, 0.25) is 0 Å². The van der Waals surface area contributed by atoms with Crippen molar-refractivity contribution in [2.45, 2.75) is 57.0 Å². The number of phenols is 1. The number of carbonyl (C=O) groups excluding carboxylic acids is 1. The smallest absolute Gasteiger partial charge is 0.258 e. The molecule has 228 valence electrons. The quantitative estimate of drug-likeness (QED) is 0.206. The number of hydrogen-bond acceptors (Lipinski definition) is 4. The van der Waals surface area contributed by atoms with Gasteiger partial charge in [0.1, 0.15) is 5.75 Å². The Morgan fingerprint density at radius 1 is 0.750 bits per heavy atom. The van der Waals surface area contributed by atoms with E-state index in [1.807, 2.05) is 35.2 Å². The number of rotatable bonds is 10. The number of benzene rings is 4. The van der Waals surface area contributed by atoms with Crippen LogP contribution in [0.25, 0.3) is 0 Å². The van der Waals surface area contributed by atoms with Crippen molar-refractivity contribution >= 4 is 11.6 Å². The minimum absolute atomic E-state index is 0.0633. The lowest BCUT2D eigenvalue weighted by Gasteiger charge is -2.37. The van der Waals surface area contributed by atoms with Crippen LogP contribution < -0.4 is 4.90 Å². The van der Waals surface area contributed by atoms with Crippen molar-refractivity contribution in [1.82, 2.24) is 9.80 Å². The highest BCUT2D eigenvalue weighted by Gasteiger charge is 2.29. The van der Waals surface area contributed by atoms with E-state index in [9.17, 15) is 9.90 Å². The van der Waals surface area contributed by atoms with Crippen LogP contribution in [0.15, 0.2) is 109 Å². The largest absolute Gasteiger partial charge is 0.507 e. The highest BCUT2D eigenvalue weighted by molar-refractivity contribution is 5.98. The number of nitrogens with zero attached hydrogens (tertiary/aromatic N) is 3. The Hall–Kier alpha value is -4.09. The average Bonchev–Trinajstić information content (AvgIpc) is 3.09. The van der Waals surface area contributed by atoms with Gasteiger partial charge in [0.15, 0.2) is 0 Å². The Kier molecular flexibility index (Phi) is 9.93. The van der Waals surface area contributed by atoms with Crippen molar-refractivity contribution in [1.29, 1.82) is 0 Å². The summed E-state index contributed by atoms with van der Waals surface area (Å²) in [4.78, 5) is 21.0. The first-order valence-corrected chi connectivity index (χ1v) is 16.4. The van der Waals surface area contributed by atoms with Crippen molar-refractivity contribution in [3.05, 3.63) is 131 Å². The van der Waals surface area contributed by atoms with E-state index in [4.69, 9.17) is 0 Å². The molecule has 4 aromatic rings. The first kappa shape index (κ1) is 30.0. The summed E-state index contributed by atoms with van der Waals surface area (Å²) >= 11 is 0. The molecule has 0 bridgehead atoms. The molecule has 1 aliphatic heterocycles. The van der Waals surface area contributed by atoms with Crippen molar-refractivity contribution in [2.75, 3.05) is 37.6 Å². The summed E-state index contributed by atoms with van der Waals surface area (Å²) in [6.07, 6.45) is 6.65. The topological polar surface area (TPSA) is 47.0 Å². The molecule has 0 unspecified atom stereocenters. The van der Waals surface area contributed by atoms with Crippen LogP contribution >= 0.6 is 0 Å². The summed E-state index contributed by atoms with van der Waals surface area (Å²) in [5, 5.41) is 10.9. The predicted octanol–water partition coefficient (Wildman–Crippen LogP) is 7.71. The normalized spacial score (nSPS) is 16.2. The molecule has 1 aliphatic carbocycles. The van der Waals surface area contributed by atoms with Gasteiger partial charge in [-0.25, -0.2) is 0 Å². The molecule has 44 heavy (non-hydrogen) atoms. The molecule has 0 radical (unpaired) electrons. The maximum absolute atomic E-state index is 14.1. The summed E-state index contributed by atoms with van der Waals surface area (Å²) in [6, 6.07) is 37.7. The summed E-state index contributed by atoms with van der Waals surface area (Å²) in [5.74, 6) is 0.384. The molecular formula is C39H45N3O2.